The van der Waals surface area contributed by atoms with E-state index in [9.17, 15) is 4.21 Å². The Balaban J connectivity index is 4.69. The predicted octanol–water partition coefficient (Wildman–Crippen LogP) is 5.42. The molecule has 0 aromatic carbocycles. The highest BCUT2D eigenvalue weighted by Gasteiger charge is 2.30. The molecule has 20 heavy (non-hydrogen) atoms. The fraction of sp³-hybridized carbons (Fsp3) is 0.667. The van der Waals surface area contributed by atoms with Gasteiger partial charge in [0.1, 0.15) is 0 Å². The van der Waals surface area contributed by atoms with Gasteiger partial charge in [-0.2, -0.15) is 0 Å². The van der Waals surface area contributed by atoms with Crippen LogP contribution in [0.25, 0.3) is 0 Å². The van der Waals surface area contributed by atoms with E-state index in [1.165, 1.54) is 0 Å². The van der Waals surface area contributed by atoms with Crippen LogP contribution in [0.1, 0.15) is 66.2 Å². The Bertz CT molecular complexity index is 379. The molecule has 0 N–H and O–H groups in total. The van der Waals surface area contributed by atoms with Crippen molar-refractivity contribution in [2.24, 2.45) is 0 Å². The Morgan fingerprint density at radius 1 is 1.05 bits per heavy atom. The topological polar surface area (TPSA) is 17.1 Å². The van der Waals surface area contributed by atoms with Crippen LogP contribution < -0.4 is 0 Å². The van der Waals surface area contributed by atoms with Gasteiger partial charge in [0, 0.05) is 4.75 Å². The number of rotatable bonds is 10. The number of thiol groups is 1. The molecule has 0 aliphatic carbocycles. The Labute approximate surface area is 127 Å². The molecule has 1 nitrogen and oxygen atoms in total. The maximum absolute atomic E-state index is 13.1. The van der Waals surface area contributed by atoms with Crippen molar-refractivity contribution in [3.8, 4) is 0 Å². The van der Waals surface area contributed by atoms with Gasteiger partial charge in [0.15, 0.2) is 0 Å². The molecule has 0 aromatic rings. The summed E-state index contributed by atoms with van der Waals surface area (Å²) in [6.45, 7) is 8.40. The van der Waals surface area contributed by atoms with Crippen molar-refractivity contribution < 1.29 is 4.21 Å². The van der Waals surface area contributed by atoms with Crippen LogP contribution in [0.2, 0.25) is 0 Å². The number of unbranched alkanes of at least 4 members (excludes halogenated alkanes) is 3. The molecule has 0 bridgehead atoms. The van der Waals surface area contributed by atoms with Crippen LogP contribution in [0, 0.1) is 0 Å². The lowest BCUT2D eigenvalue weighted by atomic mass is 10.0. The fourth-order valence-electron chi connectivity index (χ4n) is 2.31. The molecule has 0 saturated carbocycles. The maximum atomic E-state index is 13.1. The summed E-state index contributed by atoms with van der Waals surface area (Å²) in [7, 11) is -2.30. The van der Waals surface area contributed by atoms with Crippen LogP contribution in [0.3, 0.4) is 0 Å². The molecular formula is C18H34OS. The van der Waals surface area contributed by atoms with E-state index in [-0.39, 0.29) is 4.75 Å². The smallest absolute Gasteiger partial charge is 0.0420 e. The van der Waals surface area contributed by atoms with Crippen LogP contribution in [0.5, 0.6) is 0 Å². The van der Waals surface area contributed by atoms with E-state index in [4.69, 9.17) is 0 Å². The van der Waals surface area contributed by atoms with Crippen molar-refractivity contribution in [3.05, 3.63) is 35.8 Å². The molecule has 0 aromatic heterocycles. The summed E-state index contributed by atoms with van der Waals surface area (Å²) in [6.07, 6.45) is 19.1. The molecule has 2 heteroatoms. The molecule has 0 saturated heterocycles. The van der Waals surface area contributed by atoms with Crippen LogP contribution >= 0.6 is 0 Å². The van der Waals surface area contributed by atoms with Gasteiger partial charge >= 0.3 is 0 Å². The minimum atomic E-state index is -2.30. The van der Waals surface area contributed by atoms with E-state index >= 15 is 0 Å². The zero-order valence-corrected chi connectivity index (χ0v) is 15.0. The first-order chi connectivity index (χ1) is 9.43. The first-order valence-electron chi connectivity index (χ1n) is 7.93. The lowest BCUT2D eigenvalue weighted by Crippen LogP contribution is -2.36. The van der Waals surface area contributed by atoms with Gasteiger partial charge in [0.05, 0.1) is 0 Å². The summed E-state index contributed by atoms with van der Waals surface area (Å²) in [5, 5.41) is 2.00. The van der Waals surface area contributed by atoms with Crippen molar-refractivity contribution in [3.63, 3.8) is 0 Å². The summed E-state index contributed by atoms with van der Waals surface area (Å²) in [4.78, 5) is 0. The van der Waals surface area contributed by atoms with Gasteiger partial charge in [-0.1, -0.05) is 60.1 Å². The molecule has 0 aliphatic heterocycles. The minimum Gasteiger partial charge on any atom is -0.280 e. The van der Waals surface area contributed by atoms with Crippen molar-refractivity contribution in [1.29, 1.82) is 0 Å². The second kappa shape index (κ2) is 10.1. The van der Waals surface area contributed by atoms with Gasteiger partial charge < -0.3 is 0 Å². The van der Waals surface area contributed by atoms with Gasteiger partial charge in [0.2, 0.25) is 0 Å². The van der Waals surface area contributed by atoms with E-state index in [0.717, 1.165) is 38.5 Å². The second-order valence-corrected chi connectivity index (χ2v) is 9.14. The van der Waals surface area contributed by atoms with E-state index in [1.807, 2.05) is 31.6 Å². The largest absolute Gasteiger partial charge is 0.280 e. The highest BCUT2D eigenvalue weighted by Crippen LogP contribution is 2.31. The molecule has 0 amide bonds. The summed E-state index contributed by atoms with van der Waals surface area (Å²) in [6, 6.07) is 0. The molecule has 0 aliphatic rings. The third kappa shape index (κ3) is 6.69. The summed E-state index contributed by atoms with van der Waals surface area (Å²) < 4.78 is 12.9. The van der Waals surface area contributed by atoms with E-state index in [2.05, 4.69) is 38.2 Å². The highest BCUT2D eigenvalue weighted by atomic mass is 32.2. The molecule has 1 atom stereocenters. The SMILES string of the molecule is C/C=C\CCC/C=C/[SH](C)(=O)C(C)(/C=C\C)CCCC. The minimum absolute atomic E-state index is 0.183. The normalized spacial score (nSPS) is 17.2. The Kier molecular flexibility index (Phi) is 9.83. The van der Waals surface area contributed by atoms with Crippen LogP contribution in [0.4, 0.5) is 0 Å². The lowest BCUT2D eigenvalue weighted by Gasteiger charge is -2.35. The van der Waals surface area contributed by atoms with Gasteiger partial charge in [-0.05, 0) is 58.1 Å². The quantitative estimate of drug-likeness (QED) is 0.324. The first-order valence-corrected chi connectivity index (χ1v) is 10.2. The number of hydrogen-bond donors (Lipinski definition) is 1. The molecule has 0 rings (SSSR count). The van der Waals surface area contributed by atoms with Gasteiger partial charge in [-0.25, -0.2) is 0 Å². The fourth-order valence-corrected chi connectivity index (χ4v) is 4.25. The van der Waals surface area contributed by atoms with Gasteiger partial charge in [-0.3, -0.25) is 4.21 Å². The second-order valence-electron chi connectivity index (χ2n) is 5.84. The predicted molar refractivity (Wildman–Crippen MR) is 96.0 cm³/mol. The van der Waals surface area contributed by atoms with E-state index in [0.29, 0.717) is 0 Å². The molecule has 118 valence electrons. The van der Waals surface area contributed by atoms with Crippen molar-refractivity contribution >= 4 is 9.93 Å². The lowest BCUT2D eigenvalue weighted by molar-refractivity contribution is 0.594. The monoisotopic (exact) mass is 298 g/mol. The van der Waals surface area contributed by atoms with Crippen LogP contribution in [-0.2, 0) is 9.93 Å². The van der Waals surface area contributed by atoms with Crippen molar-refractivity contribution in [1.82, 2.24) is 0 Å². The average molecular weight is 299 g/mol. The third-order valence-corrected chi connectivity index (χ3v) is 7.12. The molecule has 0 fully saturated rings. The number of hydrogen-bond acceptors (Lipinski definition) is 1. The Hall–Kier alpha value is -0.630. The van der Waals surface area contributed by atoms with Gasteiger partial charge in [-0.15, -0.1) is 0 Å². The van der Waals surface area contributed by atoms with E-state index in [1.54, 1.807) is 0 Å². The van der Waals surface area contributed by atoms with Crippen molar-refractivity contribution in [2.75, 3.05) is 6.26 Å². The zero-order chi connectivity index (χ0) is 15.5. The maximum Gasteiger partial charge on any atom is 0.0420 e. The summed E-state index contributed by atoms with van der Waals surface area (Å²) >= 11 is 0. The Morgan fingerprint density at radius 3 is 2.25 bits per heavy atom. The summed E-state index contributed by atoms with van der Waals surface area (Å²) in [5.41, 5.74) is 0. The molecule has 0 radical (unpaired) electrons. The summed E-state index contributed by atoms with van der Waals surface area (Å²) in [5.74, 6) is 0. The molecular weight excluding hydrogens is 264 g/mol. The first kappa shape index (κ1) is 19.4. The Morgan fingerprint density at radius 2 is 1.70 bits per heavy atom. The van der Waals surface area contributed by atoms with E-state index < -0.39 is 9.93 Å². The standard InChI is InChI=1S/C18H34OS/c1-6-9-11-12-13-14-17-20(5,19)18(4,15-8-3)16-10-7-2/h6,8-9,14-15,17,20H,7,10-13,16H2,1-5H3/b9-6-,15-8-,17-14+. The van der Waals surface area contributed by atoms with Crippen LogP contribution in [0.15, 0.2) is 35.8 Å². The van der Waals surface area contributed by atoms with Crippen molar-refractivity contribution in [2.45, 2.75) is 71.0 Å². The molecule has 1 unspecified atom stereocenters. The number of allylic oxidation sites excluding steroid dienone is 4. The third-order valence-electron chi connectivity index (χ3n) is 3.94. The molecule has 0 heterocycles. The van der Waals surface area contributed by atoms with Gasteiger partial charge in [0.25, 0.3) is 0 Å². The zero-order valence-electron chi connectivity index (χ0n) is 14.1. The highest BCUT2D eigenvalue weighted by molar-refractivity contribution is 8.06. The molecule has 0 spiro atoms. The van der Waals surface area contributed by atoms with Crippen LogP contribution in [-0.4, -0.2) is 15.2 Å². The average Bonchev–Trinajstić information content (AvgIpc) is 2.40.